The second-order valence-corrected chi connectivity index (χ2v) is 6.63. The largest absolute Gasteiger partial charge is 0.269 e. The Bertz CT molecular complexity index is 589. The van der Waals surface area contributed by atoms with Crippen molar-refractivity contribution >= 4 is 21.5 Å². The molecule has 0 saturated carbocycles. The summed E-state index contributed by atoms with van der Waals surface area (Å²) in [6.45, 7) is 4.60. The monoisotopic (exact) mass is 285 g/mol. The van der Waals surface area contributed by atoms with Crippen molar-refractivity contribution in [2.24, 2.45) is 0 Å². The summed E-state index contributed by atoms with van der Waals surface area (Å²) in [7, 11) is -3.64. The average molecular weight is 285 g/mol. The number of nitrogens with one attached hydrogen (secondary N) is 1. The Kier molecular flexibility index (Phi) is 4.83. The molecule has 0 spiro atoms. The molecule has 0 aliphatic rings. The molecule has 0 aliphatic carbocycles. The van der Waals surface area contributed by atoms with Gasteiger partial charge in [0.1, 0.15) is 5.82 Å². The minimum Gasteiger partial charge on any atom is -0.269 e. The lowest BCUT2D eigenvalue weighted by Crippen LogP contribution is -2.34. The van der Waals surface area contributed by atoms with Gasteiger partial charge >= 0.3 is 0 Å². The molecule has 4 nitrogen and oxygen atoms in total. The molecule has 104 valence electrons. The van der Waals surface area contributed by atoms with Gasteiger partial charge in [0, 0.05) is 6.08 Å². The lowest BCUT2D eigenvalue weighted by molar-refractivity contribution is -0.114. The van der Waals surface area contributed by atoms with Crippen molar-refractivity contribution in [1.82, 2.24) is 4.72 Å². The highest BCUT2D eigenvalue weighted by atomic mass is 32.2. The van der Waals surface area contributed by atoms with Gasteiger partial charge in [-0.1, -0.05) is 12.1 Å². The van der Waals surface area contributed by atoms with E-state index in [1.54, 1.807) is 6.92 Å². The molecule has 0 heterocycles. The van der Waals surface area contributed by atoms with Gasteiger partial charge in [-0.05, 0) is 44.0 Å². The summed E-state index contributed by atoms with van der Waals surface area (Å²) in [6.07, 6.45) is 1.17. The van der Waals surface area contributed by atoms with Crippen LogP contribution in [0.25, 0.3) is 5.57 Å². The third kappa shape index (κ3) is 4.48. The number of carbonyl (C=O) groups excluding carboxylic acids is 1. The summed E-state index contributed by atoms with van der Waals surface area (Å²) in [4.78, 5) is 11.6. The normalized spacial score (nSPS) is 12.6. The molecule has 0 saturated heterocycles. The van der Waals surface area contributed by atoms with Crippen LogP contribution in [0.1, 0.15) is 26.3 Å². The summed E-state index contributed by atoms with van der Waals surface area (Å²) in [6, 6.07) is 5.58. The summed E-state index contributed by atoms with van der Waals surface area (Å²) in [5.74, 6) is -1.08. The molecule has 1 aromatic rings. The van der Waals surface area contributed by atoms with Crippen LogP contribution < -0.4 is 4.72 Å². The van der Waals surface area contributed by atoms with E-state index in [1.165, 1.54) is 44.2 Å². The van der Waals surface area contributed by atoms with E-state index in [2.05, 4.69) is 0 Å². The predicted molar refractivity (Wildman–Crippen MR) is 72.2 cm³/mol. The number of benzene rings is 1. The van der Waals surface area contributed by atoms with Crippen molar-refractivity contribution in [2.75, 3.05) is 0 Å². The summed E-state index contributed by atoms with van der Waals surface area (Å²) >= 11 is 0. The number of halogens is 1. The number of rotatable bonds is 4. The zero-order valence-corrected chi connectivity index (χ0v) is 11.8. The van der Waals surface area contributed by atoms with Crippen LogP contribution in [0, 0.1) is 5.82 Å². The second-order valence-electron chi connectivity index (χ2n) is 4.39. The lowest BCUT2D eigenvalue weighted by atomic mass is 10.1. The van der Waals surface area contributed by atoms with Gasteiger partial charge in [0.25, 0.3) is 5.91 Å². The van der Waals surface area contributed by atoms with E-state index < -0.39 is 21.2 Å². The van der Waals surface area contributed by atoms with Crippen molar-refractivity contribution in [3.63, 3.8) is 0 Å². The Morgan fingerprint density at radius 3 is 2.26 bits per heavy atom. The van der Waals surface area contributed by atoms with Crippen LogP contribution in [0.4, 0.5) is 4.39 Å². The number of sulfonamides is 1. The average Bonchev–Trinajstić information content (AvgIpc) is 2.28. The van der Waals surface area contributed by atoms with E-state index in [0.29, 0.717) is 11.1 Å². The predicted octanol–water partition coefficient (Wildman–Crippen LogP) is 2.08. The first-order chi connectivity index (χ1) is 8.72. The van der Waals surface area contributed by atoms with Crippen LogP contribution in [0.3, 0.4) is 0 Å². The van der Waals surface area contributed by atoms with Crippen LogP contribution in [-0.4, -0.2) is 19.6 Å². The summed E-state index contributed by atoms with van der Waals surface area (Å²) < 4.78 is 37.7. The molecular formula is C13H16FNO3S. The minimum atomic E-state index is -3.64. The second kappa shape index (κ2) is 5.97. The first-order valence-electron chi connectivity index (χ1n) is 5.72. The van der Waals surface area contributed by atoms with Gasteiger partial charge in [0.05, 0.1) is 5.25 Å². The van der Waals surface area contributed by atoms with E-state index in [1.807, 2.05) is 4.72 Å². The van der Waals surface area contributed by atoms with Crippen LogP contribution in [0.15, 0.2) is 30.3 Å². The smallest absolute Gasteiger partial charge is 0.257 e. The molecule has 0 aromatic heterocycles. The lowest BCUT2D eigenvalue weighted by Gasteiger charge is -2.08. The van der Waals surface area contributed by atoms with Crippen molar-refractivity contribution in [2.45, 2.75) is 26.0 Å². The molecule has 0 aliphatic heterocycles. The quantitative estimate of drug-likeness (QED) is 0.862. The van der Waals surface area contributed by atoms with Crippen molar-refractivity contribution < 1.29 is 17.6 Å². The fourth-order valence-electron chi connectivity index (χ4n) is 1.28. The SMILES string of the molecule is C/C(=C/C(=O)NS(=O)(=O)C(C)C)c1ccc(F)cc1. The van der Waals surface area contributed by atoms with E-state index in [0.717, 1.165) is 0 Å². The van der Waals surface area contributed by atoms with Gasteiger partial charge in [-0.15, -0.1) is 0 Å². The number of allylic oxidation sites excluding steroid dienone is 1. The van der Waals surface area contributed by atoms with Crippen molar-refractivity contribution in [3.05, 3.63) is 41.7 Å². The van der Waals surface area contributed by atoms with Crippen LogP contribution >= 0.6 is 0 Å². The van der Waals surface area contributed by atoms with E-state index in [9.17, 15) is 17.6 Å². The van der Waals surface area contributed by atoms with Gasteiger partial charge < -0.3 is 0 Å². The third-order valence-corrected chi connectivity index (χ3v) is 4.24. The molecule has 0 bridgehead atoms. The van der Waals surface area contributed by atoms with Crippen molar-refractivity contribution in [3.8, 4) is 0 Å². The maximum Gasteiger partial charge on any atom is 0.257 e. The van der Waals surface area contributed by atoms with Gasteiger partial charge in [0.15, 0.2) is 0 Å². The molecule has 0 fully saturated rings. The molecule has 6 heteroatoms. The maximum atomic E-state index is 12.7. The Balaban J connectivity index is 2.85. The van der Waals surface area contributed by atoms with Gasteiger partial charge in [0.2, 0.25) is 10.0 Å². The van der Waals surface area contributed by atoms with E-state index in [4.69, 9.17) is 0 Å². The van der Waals surface area contributed by atoms with Gasteiger partial charge in [-0.3, -0.25) is 4.79 Å². The standard InChI is InChI=1S/C13H16FNO3S/c1-9(2)19(17,18)15-13(16)8-10(3)11-4-6-12(14)7-5-11/h4-9H,1-3H3,(H,15,16)/b10-8-. The fourth-order valence-corrected chi connectivity index (χ4v) is 1.86. The van der Waals surface area contributed by atoms with Crippen LogP contribution in [0.2, 0.25) is 0 Å². The van der Waals surface area contributed by atoms with Gasteiger partial charge in [-0.2, -0.15) is 0 Å². The molecule has 1 N–H and O–H groups in total. The number of amides is 1. The molecule has 1 aromatic carbocycles. The number of hydrogen-bond acceptors (Lipinski definition) is 3. The summed E-state index contributed by atoms with van der Waals surface area (Å²) in [5, 5.41) is -0.684. The molecule has 0 atom stereocenters. The zero-order chi connectivity index (χ0) is 14.6. The zero-order valence-electron chi connectivity index (χ0n) is 11.0. The van der Waals surface area contributed by atoms with Crippen LogP contribution in [0.5, 0.6) is 0 Å². The molecule has 1 rings (SSSR count). The highest BCUT2D eigenvalue weighted by Crippen LogP contribution is 2.13. The van der Waals surface area contributed by atoms with Crippen LogP contribution in [-0.2, 0) is 14.8 Å². The van der Waals surface area contributed by atoms with Crippen molar-refractivity contribution in [1.29, 1.82) is 0 Å². The summed E-state index contributed by atoms with van der Waals surface area (Å²) in [5.41, 5.74) is 1.20. The number of hydrogen-bond donors (Lipinski definition) is 1. The topological polar surface area (TPSA) is 63.2 Å². The Labute approximate surface area is 112 Å². The highest BCUT2D eigenvalue weighted by molar-refractivity contribution is 7.90. The molecule has 1 amide bonds. The Morgan fingerprint density at radius 2 is 1.79 bits per heavy atom. The Morgan fingerprint density at radius 1 is 1.26 bits per heavy atom. The number of carbonyl (C=O) groups is 1. The third-order valence-electron chi connectivity index (χ3n) is 2.51. The first-order valence-corrected chi connectivity index (χ1v) is 7.27. The molecule has 0 unspecified atom stereocenters. The fraction of sp³-hybridized carbons (Fsp3) is 0.308. The highest BCUT2D eigenvalue weighted by Gasteiger charge is 2.17. The minimum absolute atomic E-state index is 0.372. The Hall–Kier alpha value is -1.69. The van der Waals surface area contributed by atoms with E-state index >= 15 is 0 Å². The molecule has 19 heavy (non-hydrogen) atoms. The van der Waals surface area contributed by atoms with Gasteiger partial charge in [-0.25, -0.2) is 17.5 Å². The maximum absolute atomic E-state index is 12.7. The first kappa shape index (κ1) is 15.4. The van der Waals surface area contributed by atoms with E-state index in [-0.39, 0.29) is 5.82 Å². The molecular weight excluding hydrogens is 269 g/mol. The molecule has 0 radical (unpaired) electrons.